The van der Waals surface area contributed by atoms with Crippen molar-refractivity contribution in [1.82, 2.24) is 0 Å². The minimum absolute atomic E-state index is 0.195. The van der Waals surface area contributed by atoms with E-state index in [0.29, 0.717) is 6.04 Å². The van der Waals surface area contributed by atoms with Gasteiger partial charge in [-0.1, -0.05) is 32.8 Å². The molecule has 0 aliphatic heterocycles. The monoisotopic (exact) mass is 257 g/mol. The second-order valence-electron chi connectivity index (χ2n) is 4.30. The summed E-state index contributed by atoms with van der Waals surface area (Å²) in [5.41, 5.74) is 0.830. The summed E-state index contributed by atoms with van der Waals surface area (Å²) >= 11 is 0. The van der Waals surface area contributed by atoms with Crippen molar-refractivity contribution >= 4 is 5.69 Å². The number of hydrogen-bond donors (Lipinski definition) is 1. The molecule has 0 heterocycles. The van der Waals surface area contributed by atoms with E-state index in [4.69, 9.17) is 0 Å². The van der Waals surface area contributed by atoms with Crippen molar-refractivity contribution in [2.45, 2.75) is 52.2 Å². The van der Waals surface area contributed by atoms with Gasteiger partial charge >= 0.3 is 6.61 Å². The molecule has 2 nitrogen and oxygen atoms in total. The lowest BCUT2D eigenvalue weighted by molar-refractivity contribution is -0.0498. The van der Waals surface area contributed by atoms with Gasteiger partial charge < -0.3 is 10.1 Å². The topological polar surface area (TPSA) is 21.3 Å². The highest BCUT2D eigenvalue weighted by molar-refractivity contribution is 5.48. The van der Waals surface area contributed by atoms with Crippen LogP contribution in [0, 0.1) is 0 Å². The van der Waals surface area contributed by atoms with Crippen LogP contribution in [0.2, 0.25) is 0 Å². The van der Waals surface area contributed by atoms with E-state index < -0.39 is 6.61 Å². The molecule has 0 fully saturated rings. The molecule has 18 heavy (non-hydrogen) atoms. The Labute approximate surface area is 107 Å². The maximum Gasteiger partial charge on any atom is 0.387 e. The van der Waals surface area contributed by atoms with E-state index in [-0.39, 0.29) is 5.75 Å². The Balaban J connectivity index is 2.59. The molecule has 0 aliphatic rings. The Morgan fingerprint density at radius 1 is 1.28 bits per heavy atom. The summed E-state index contributed by atoms with van der Waals surface area (Å²) < 4.78 is 28.6. The van der Waals surface area contributed by atoms with Crippen molar-refractivity contribution in [2.75, 3.05) is 5.32 Å². The Hall–Kier alpha value is -1.32. The number of anilines is 1. The van der Waals surface area contributed by atoms with Crippen molar-refractivity contribution in [2.24, 2.45) is 0 Å². The summed E-state index contributed by atoms with van der Waals surface area (Å²) in [6.45, 7) is 1.50. The number of benzene rings is 1. The van der Waals surface area contributed by atoms with E-state index >= 15 is 0 Å². The summed E-state index contributed by atoms with van der Waals surface area (Å²) in [6.07, 6.45) is 4.43. The maximum absolute atomic E-state index is 12.1. The minimum Gasteiger partial charge on any atom is -0.435 e. The van der Waals surface area contributed by atoms with Gasteiger partial charge in [0.2, 0.25) is 0 Å². The average Bonchev–Trinajstić information content (AvgIpc) is 2.34. The molecule has 0 bridgehead atoms. The predicted molar refractivity (Wildman–Crippen MR) is 70.3 cm³/mol. The molecule has 0 radical (unpaired) electrons. The van der Waals surface area contributed by atoms with E-state index in [9.17, 15) is 8.78 Å². The first kappa shape index (κ1) is 14.7. The van der Waals surface area contributed by atoms with E-state index in [1.54, 1.807) is 12.1 Å². The fraction of sp³-hybridized carbons (Fsp3) is 0.571. The number of alkyl halides is 2. The third-order valence-corrected chi connectivity index (χ3v) is 2.83. The number of hydrogen-bond acceptors (Lipinski definition) is 2. The number of halogens is 2. The highest BCUT2D eigenvalue weighted by Gasteiger charge is 2.08. The smallest absolute Gasteiger partial charge is 0.387 e. The van der Waals surface area contributed by atoms with Crippen LogP contribution in [-0.4, -0.2) is 12.7 Å². The molecule has 1 atom stereocenters. The quantitative estimate of drug-likeness (QED) is 0.730. The summed E-state index contributed by atoms with van der Waals surface area (Å²) in [5, 5.41) is 3.35. The van der Waals surface area contributed by atoms with Crippen LogP contribution in [0.3, 0.4) is 0 Å². The minimum atomic E-state index is -2.78. The predicted octanol–water partition coefficient (Wildman–Crippen LogP) is 4.67. The molecule has 0 aliphatic carbocycles. The fourth-order valence-corrected chi connectivity index (χ4v) is 1.83. The number of ether oxygens (including phenoxy) is 1. The van der Waals surface area contributed by atoms with Gasteiger partial charge in [0.25, 0.3) is 0 Å². The molecule has 4 heteroatoms. The van der Waals surface area contributed by atoms with Crippen molar-refractivity contribution in [1.29, 1.82) is 0 Å². The summed E-state index contributed by atoms with van der Waals surface area (Å²) in [5.74, 6) is 0.195. The molecule has 0 saturated heterocycles. The lowest BCUT2D eigenvalue weighted by Gasteiger charge is -2.18. The van der Waals surface area contributed by atoms with Crippen LogP contribution in [0.15, 0.2) is 24.3 Å². The van der Waals surface area contributed by atoms with Gasteiger partial charge in [0.05, 0.1) is 0 Å². The summed E-state index contributed by atoms with van der Waals surface area (Å²) in [4.78, 5) is 0. The molecule has 0 amide bonds. The largest absolute Gasteiger partial charge is 0.435 e. The normalized spacial score (nSPS) is 12.5. The molecular weight excluding hydrogens is 236 g/mol. The number of unbranched alkanes of at least 4 members (excludes halogenated alkanes) is 1. The molecular formula is C14H21F2NO. The first-order valence-corrected chi connectivity index (χ1v) is 6.47. The summed E-state index contributed by atoms with van der Waals surface area (Å²) in [6, 6.07) is 7.11. The molecule has 102 valence electrons. The maximum atomic E-state index is 12.1. The van der Waals surface area contributed by atoms with Crippen molar-refractivity contribution in [3.63, 3.8) is 0 Å². The molecule has 1 aromatic carbocycles. The van der Waals surface area contributed by atoms with Gasteiger partial charge in [-0.25, -0.2) is 0 Å². The van der Waals surface area contributed by atoms with E-state index in [0.717, 1.165) is 24.9 Å². The van der Waals surface area contributed by atoms with Crippen LogP contribution in [0.1, 0.15) is 39.5 Å². The third kappa shape index (κ3) is 5.34. The van der Waals surface area contributed by atoms with Gasteiger partial charge in [0, 0.05) is 17.8 Å². The van der Waals surface area contributed by atoms with Gasteiger partial charge in [-0.15, -0.1) is 0 Å². The van der Waals surface area contributed by atoms with Crippen molar-refractivity contribution < 1.29 is 13.5 Å². The van der Waals surface area contributed by atoms with Gasteiger partial charge in [-0.2, -0.15) is 8.78 Å². The molecule has 0 saturated carbocycles. The summed E-state index contributed by atoms with van der Waals surface area (Å²) in [7, 11) is 0. The first-order valence-electron chi connectivity index (χ1n) is 6.47. The Morgan fingerprint density at radius 3 is 2.67 bits per heavy atom. The van der Waals surface area contributed by atoms with Gasteiger partial charge in [-0.3, -0.25) is 0 Å². The molecule has 1 unspecified atom stereocenters. The lowest BCUT2D eigenvalue weighted by Crippen LogP contribution is -2.18. The Bertz CT molecular complexity index is 344. The Kier molecular flexibility index (Phi) is 6.47. The second-order valence-corrected chi connectivity index (χ2v) is 4.30. The van der Waals surface area contributed by atoms with Crippen LogP contribution in [0.5, 0.6) is 5.75 Å². The second kappa shape index (κ2) is 7.90. The van der Waals surface area contributed by atoms with Gasteiger partial charge in [0.15, 0.2) is 0 Å². The van der Waals surface area contributed by atoms with E-state index in [2.05, 4.69) is 23.9 Å². The molecule has 0 spiro atoms. The zero-order chi connectivity index (χ0) is 13.4. The molecule has 1 N–H and O–H groups in total. The lowest BCUT2D eigenvalue weighted by atomic mass is 10.1. The fourth-order valence-electron chi connectivity index (χ4n) is 1.83. The number of rotatable bonds is 8. The first-order chi connectivity index (χ1) is 8.65. The van der Waals surface area contributed by atoms with E-state index in [1.165, 1.54) is 12.5 Å². The van der Waals surface area contributed by atoms with Gasteiger partial charge in [-0.05, 0) is 25.0 Å². The highest BCUT2D eigenvalue weighted by atomic mass is 19.3. The van der Waals surface area contributed by atoms with Crippen LogP contribution in [-0.2, 0) is 0 Å². The molecule has 1 rings (SSSR count). The molecule has 1 aromatic rings. The van der Waals surface area contributed by atoms with Crippen LogP contribution in [0.25, 0.3) is 0 Å². The Morgan fingerprint density at radius 2 is 2.06 bits per heavy atom. The van der Waals surface area contributed by atoms with Crippen LogP contribution in [0.4, 0.5) is 14.5 Å². The van der Waals surface area contributed by atoms with Crippen LogP contribution < -0.4 is 10.1 Å². The highest BCUT2D eigenvalue weighted by Crippen LogP contribution is 2.21. The average molecular weight is 257 g/mol. The van der Waals surface area contributed by atoms with Gasteiger partial charge in [0.1, 0.15) is 5.75 Å². The van der Waals surface area contributed by atoms with E-state index in [1.807, 2.05) is 6.07 Å². The zero-order valence-corrected chi connectivity index (χ0v) is 11.0. The van der Waals surface area contributed by atoms with Crippen molar-refractivity contribution in [3.8, 4) is 5.75 Å². The molecule has 0 aromatic heterocycles. The SMILES string of the molecule is CCCCC(CC)Nc1cccc(OC(F)F)c1. The third-order valence-electron chi connectivity index (χ3n) is 2.83. The zero-order valence-electron chi connectivity index (χ0n) is 11.0. The number of nitrogens with one attached hydrogen (secondary N) is 1. The van der Waals surface area contributed by atoms with Crippen LogP contribution >= 0.6 is 0 Å². The standard InChI is InChI=1S/C14H21F2NO/c1-3-5-7-11(4-2)17-12-8-6-9-13(10-12)18-14(15)16/h6,8-11,14,17H,3-5,7H2,1-2H3. The van der Waals surface area contributed by atoms with Crippen molar-refractivity contribution in [3.05, 3.63) is 24.3 Å².